The van der Waals surface area contributed by atoms with Crippen LogP contribution in [-0.4, -0.2) is 29.1 Å². The Hall–Kier alpha value is -2.71. The lowest BCUT2D eigenvalue weighted by Gasteiger charge is -2.30. The fourth-order valence-corrected chi connectivity index (χ4v) is 3.56. The Morgan fingerprint density at radius 1 is 1.25 bits per heavy atom. The van der Waals surface area contributed by atoms with E-state index < -0.39 is 11.8 Å². The summed E-state index contributed by atoms with van der Waals surface area (Å²) in [5.41, 5.74) is 2.93. The quantitative estimate of drug-likeness (QED) is 0.415. The van der Waals surface area contributed by atoms with E-state index in [9.17, 15) is 14.7 Å². The van der Waals surface area contributed by atoms with Gasteiger partial charge in [-0.15, -0.1) is 0 Å². The molecular weight excluding hydrogens is 444 g/mol. The lowest BCUT2D eigenvalue weighted by molar-refractivity contribution is -0.122. The molecule has 0 aliphatic carbocycles. The molecule has 2 amide bonds. The number of nitrogens with one attached hydrogen (secondary N) is 1. The van der Waals surface area contributed by atoms with E-state index in [2.05, 4.69) is 21.2 Å². The predicted molar refractivity (Wildman–Crippen MR) is 114 cm³/mol. The molecule has 1 aliphatic heterocycles. The Bertz CT molecular complexity index is 1050. The van der Waals surface area contributed by atoms with Gasteiger partial charge in [0.05, 0.1) is 12.8 Å². The number of phenols is 1. The summed E-state index contributed by atoms with van der Waals surface area (Å²) < 4.78 is 5.61. The van der Waals surface area contributed by atoms with Crippen molar-refractivity contribution < 1.29 is 19.4 Å². The van der Waals surface area contributed by atoms with E-state index >= 15 is 0 Å². The molecule has 2 aromatic carbocycles. The van der Waals surface area contributed by atoms with Gasteiger partial charge in [-0.2, -0.15) is 0 Å². The van der Waals surface area contributed by atoms with E-state index in [-0.39, 0.29) is 22.2 Å². The number of benzene rings is 2. The highest BCUT2D eigenvalue weighted by atomic mass is 79.9. The van der Waals surface area contributed by atoms with Gasteiger partial charge in [-0.1, -0.05) is 28.1 Å². The Balaban J connectivity index is 2.11. The number of methoxy groups -OCH3 is 1. The number of carbonyl (C=O) groups excluding carboxylic acids is 2. The molecule has 1 fully saturated rings. The highest BCUT2D eigenvalue weighted by Gasteiger charge is 2.35. The number of rotatable bonds is 3. The number of nitrogens with zero attached hydrogens (tertiary/aromatic N) is 1. The number of hydrogen-bond donors (Lipinski definition) is 2. The van der Waals surface area contributed by atoms with E-state index in [1.165, 1.54) is 30.2 Å². The molecule has 0 atom stereocenters. The zero-order chi connectivity index (χ0) is 20.6. The smallest absolute Gasteiger partial charge is 0.270 e. The summed E-state index contributed by atoms with van der Waals surface area (Å²) in [4.78, 5) is 26.9. The molecule has 2 aromatic rings. The first-order chi connectivity index (χ1) is 13.2. The number of anilines is 1. The average molecular weight is 461 g/mol. The molecule has 1 aliphatic rings. The fraction of sp³-hybridized carbons (Fsp3) is 0.150. The van der Waals surface area contributed by atoms with Crippen LogP contribution in [0.1, 0.15) is 16.7 Å². The maximum atomic E-state index is 13.2. The Morgan fingerprint density at radius 3 is 2.64 bits per heavy atom. The first-order valence-electron chi connectivity index (χ1n) is 8.28. The number of hydrogen-bond acceptors (Lipinski definition) is 5. The molecule has 0 spiro atoms. The molecule has 0 saturated carbocycles. The molecule has 2 N–H and O–H groups in total. The molecular formula is C20H17BrN2O4S. The Labute approximate surface area is 175 Å². The number of ether oxygens (including phenoxy) is 1. The highest BCUT2D eigenvalue weighted by molar-refractivity contribution is 9.10. The molecule has 28 heavy (non-hydrogen) atoms. The second kappa shape index (κ2) is 7.73. The van der Waals surface area contributed by atoms with Gasteiger partial charge in [0.2, 0.25) is 0 Å². The summed E-state index contributed by atoms with van der Waals surface area (Å²) in [5, 5.41) is 12.5. The Kier molecular flexibility index (Phi) is 5.53. The lowest BCUT2D eigenvalue weighted by Crippen LogP contribution is -2.54. The van der Waals surface area contributed by atoms with Crippen molar-refractivity contribution in [2.75, 3.05) is 12.0 Å². The number of halogens is 1. The number of phenolic OH excluding ortho intramolecular Hbond substituents is 1. The second-order valence-corrected chi connectivity index (χ2v) is 7.46. The van der Waals surface area contributed by atoms with Crippen molar-refractivity contribution in [1.29, 1.82) is 0 Å². The fourth-order valence-electron chi connectivity index (χ4n) is 2.84. The van der Waals surface area contributed by atoms with Crippen LogP contribution >= 0.6 is 28.1 Å². The monoisotopic (exact) mass is 460 g/mol. The SMILES string of the molecule is COc1cc(/C=C2\C(=O)NC(=S)N(c3cccc(C)c3C)C2=O)c(Br)cc1O. The van der Waals surface area contributed by atoms with E-state index in [4.69, 9.17) is 17.0 Å². The summed E-state index contributed by atoms with van der Waals surface area (Å²) >= 11 is 8.58. The maximum Gasteiger partial charge on any atom is 0.270 e. The van der Waals surface area contributed by atoms with E-state index in [1.54, 1.807) is 6.07 Å². The van der Waals surface area contributed by atoms with Crippen molar-refractivity contribution in [3.8, 4) is 11.5 Å². The Morgan fingerprint density at radius 2 is 1.96 bits per heavy atom. The molecule has 144 valence electrons. The van der Waals surface area contributed by atoms with Crippen molar-refractivity contribution in [2.45, 2.75) is 13.8 Å². The van der Waals surface area contributed by atoms with Crippen LogP contribution in [0.25, 0.3) is 6.08 Å². The van der Waals surface area contributed by atoms with Gasteiger partial charge >= 0.3 is 0 Å². The normalized spacial score (nSPS) is 15.8. The van der Waals surface area contributed by atoms with Crippen molar-refractivity contribution >= 4 is 56.8 Å². The summed E-state index contributed by atoms with van der Waals surface area (Å²) in [6, 6.07) is 8.51. The van der Waals surface area contributed by atoms with Crippen molar-refractivity contribution in [3.63, 3.8) is 0 Å². The van der Waals surface area contributed by atoms with E-state index in [0.717, 1.165) is 11.1 Å². The summed E-state index contributed by atoms with van der Waals surface area (Å²) in [6.45, 7) is 3.83. The zero-order valence-corrected chi connectivity index (χ0v) is 17.8. The van der Waals surface area contributed by atoms with Crippen molar-refractivity contribution in [1.82, 2.24) is 5.32 Å². The average Bonchev–Trinajstić information content (AvgIpc) is 2.63. The first kappa shape index (κ1) is 20.0. The third-order valence-electron chi connectivity index (χ3n) is 4.52. The van der Waals surface area contributed by atoms with Gasteiger partial charge < -0.3 is 9.84 Å². The number of carbonyl (C=O) groups is 2. The number of amides is 2. The summed E-state index contributed by atoms with van der Waals surface area (Å²) in [6.07, 6.45) is 1.43. The standard InChI is InChI=1S/C20H17BrN2O4S/c1-10-5-4-6-15(11(10)2)23-19(26)13(18(25)22-20(23)28)7-12-8-17(27-3)16(24)9-14(12)21/h4-9,24H,1-3H3,(H,22,25,28)/b13-7+. The van der Waals surface area contributed by atoms with E-state index in [1.807, 2.05) is 26.0 Å². The lowest BCUT2D eigenvalue weighted by atomic mass is 10.0. The second-order valence-electron chi connectivity index (χ2n) is 6.22. The van der Waals surface area contributed by atoms with Gasteiger partial charge in [-0.25, -0.2) is 0 Å². The molecule has 6 nitrogen and oxygen atoms in total. The van der Waals surface area contributed by atoms with Gasteiger partial charge in [0.25, 0.3) is 11.8 Å². The van der Waals surface area contributed by atoms with Crippen molar-refractivity contribution in [2.24, 2.45) is 0 Å². The molecule has 0 unspecified atom stereocenters. The number of aromatic hydroxyl groups is 1. The van der Waals surface area contributed by atoms with Crippen LogP contribution in [0, 0.1) is 13.8 Å². The van der Waals surface area contributed by atoms with Crippen LogP contribution in [0.15, 0.2) is 40.4 Å². The minimum atomic E-state index is -0.588. The van der Waals surface area contributed by atoms with Gasteiger partial charge in [0.15, 0.2) is 16.6 Å². The van der Waals surface area contributed by atoms with Crippen LogP contribution < -0.4 is 15.0 Å². The van der Waals surface area contributed by atoms with Crippen LogP contribution in [0.4, 0.5) is 5.69 Å². The maximum absolute atomic E-state index is 13.2. The third kappa shape index (κ3) is 3.53. The summed E-state index contributed by atoms with van der Waals surface area (Å²) in [7, 11) is 1.42. The van der Waals surface area contributed by atoms with Gasteiger partial charge in [0.1, 0.15) is 5.57 Å². The van der Waals surface area contributed by atoms with E-state index in [0.29, 0.717) is 15.7 Å². The molecule has 8 heteroatoms. The minimum Gasteiger partial charge on any atom is -0.504 e. The van der Waals surface area contributed by atoms with Gasteiger partial charge in [0, 0.05) is 4.47 Å². The van der Waals surface area contributed by atoms with Crippen LogP contribution in [0.2, 0.25) is 0 Å². The highest BCUT2D eigenvalue weighted by Crippen LogP contribution is 2.34. The topological polar surface area (TPSA) is 78.9 Å². The molecule has 0 bridgehead atoms. The molecule has 0 radical (unpaired) electrons. The molecule has 0 aromatic heterocycles. The van der Waals surface area contributed by atoms with Gasteiger partial charge in [-0.3, -0.25) is 19.8 Å². The predicted octanol–water partition coefficient (Wildman–Crippen LogP) is 3.61. The zero-order valence-electron chi connectivity index (χ0n) is 15.4. The first-order valence-corrected chi connectivity index (χ1v) is 9.49. The van der Waals surface area contributed by atoms with Crippen molar-refractivity contribution in [3.05, 3.63) is 57.1 Å². The van der Waals surface area contributed by atoms with Crippen LogP contribution in [0.3, 0.4) is 0 Å². The molecule has 1 saturated heterocycles. The molecule has 3 rings (SSSR count). The summed E-state index contributed by atoms with van der Waals surface area (Å²) in [5.74, 6) is -0.952. The number of thiocarbonyl (C=S) groups is 1. The molecule has 1 heterocycles. The van der Waals surface area contributed by atoms with Crippen LogP contribution in [0.5, 0.6) is 11.5 Å². The third-order valence-corrected chi connectivity index (χ3v) is 5.49. The van der Waals surface area contributed by atoms with Crippen LogP contribution in [-0.2, 0) is 9.59 Å². The largest absolute Gasteiger partial charge is 0.504 e. The minimum absolute atomic E-state index is 0.0307. The van der Waals surface area contributed by atoms with Gasteiger partial charge in [-0.05, 0) is 67.0 Å². The number of aryl methyl sites for hydroxylation is 1.